The van der Waals surface area contributed by atoms with Gasteiger partial charge < -0.3 is 5.32 Å². The summed E-state index contributed by atoms with van der Waals surface area (Å²) in [5, 5.41) is 1.81. The first-order valence-corrected chi connectivity index (χ1v) is 5.04. The zero-order chi connectivity index (χ0) is 12.6. The fourth-order valence-electron chi connectivity index (χ4n) is 2.02. The van der Waals surface area contributed by atoms with Gasteiger partial charge in [0, 0.05) is 5.56 Å². The van der Waals surface area contributed by atoms with Crippen LogP contribution in [0.5, 0.6) is 0 Å². The van der Waals surface area contributed by atoms with Gasteiger partial charge in [-0.2, -0.15) is 13.2 Å². The summed E-state index contributed by atoms with van der Waals surface area (Å²) in [7, 11) is 0. The molecule has 0 fully saturated rings. The molecule has 0 radical (unpaired) electrons. The van der Waals surface area contributed by atoms with E-state index in [0.717, 1.165) is 0 Å². The van der Waals surface area contributed by atoms with Crippen LogP contribution in [0.25, 0.3) is 0 Å². The number of carbonyl (C=O) groups excluding carboxylic acids is 1. The molecule has 1 aromatic rings. The molecule has 0 bridgehead atoms. The molecule has 6 heteroatoms. The zero-order valence-electron chi connectivity index (χ0n) is 8.64. The van der Waals surface area contributed by atoms with Gasteiger partial charge in [-0.25, -0.2) is 4.39 Å². The van der Waals surface area contributed by atoms with Crippen LogP contribution in [0.1, 0.15) is 23.6 Å². The summed E-state index contributed by atoms with van der Waals surface area (Å²) in [4.78, 5) is 10.8. The second kappa shape index (κ2) is 4.01. The van der Waals surface area contributed by atoms with Crippen LogP contribution in [0.3, 0.4) is 0 Å². The number of hydrogen-bond acceptors (Lipinski definition) is 1. The average molecular weight is 247 g/mol. The van der Waals surface area contributed by atoms with E-state index >= 15 is 0 Å². The molecule has 0 saturated carbocycles. The number of halogens is 4. The lowest BCUT2D eigenvalue weighted by atomic mass is 10.1. The lowest BCUT2D eigenvalue weighted by molar-refractivity contribution is -0.174. The molecule has 0 spiro atoms. The highest BCUT2D eigenvalue weighted by Crippen LogP contribution is 2.33. The van der Waals surface area contributed by atoms with Crippen LogP contribution in [-0.2, 0) is 11.2 Å². The summed E-state index contributed by atoms with van der Waals surface area (Å²) in [6.45, 7) is 0. The molecule has 0 saturated heterocycles. The predicted octanol–water partition coefficient (Wildman–Crippen LogP) is 2.49. The molecule has 1 atom stereocenters. The molecule has 2 rings (SSSR count). The molecule has 0 aliphatic heterocycles. The summed E-state index contributed by atoms with van der Waals surface area (Å²) in [5.74, 6) is -2.61. The van der Waals surface area contributed by atoms with Crippen molar-refractivity contribution < 1.29 is 22.4 Å². The van der Waals surface area contributed by atoms with Crippen LogP contribution in [-0.4, -0.2) is 12.1 Å². The molecule has 0 heterocycles. The maximum Gasteiger partial charge on any atom is 0.471 e. The van der Waals surface area contributed by atoms with Gasteiger partial charge >= 0.3 is 12.1 Å². The van der Waals surface area contributed by atoms with Crippen LogP contribution in [0.2, 0.25) is 0 Å². The van der Waals surface area contributed by atoms with Crippen molar-refractivity contribution in [1.29, 1.82) is 0 Å². The molecule has 1 unspecified atom stereocenters. The van der Waals surface area contributed by atoms with E-state index in [9.17, 15) is 22.4 Å². The monoisotopic (exact) mass is 247 g/mol. The quantitative estimate of drug-likeness (QED) is 0.759. The van der Waals surface area contributed by atoms with Gasteiger partial charge in [0.1, 0.15) is 5.82 Å². The molecule has 0 aromatic heterocycles. The third-order valence-corrected chi connectivity index (χ3v) is 2.76. The van der Waals surface area contributed by atoms with Gasteiger partial charge in [0.2, 0.25) is 0 Å². The minimum atomic E-state index is -4.94. The van der Waals surface area contributed by atoms with Crippen molar-refractivity contribution in [3.63, 3.8) is 0 Å². The van der Waals surface area contributed by atoms with Crippen molar-refractivity contribution in [3.05, 3.63) is 35.1 Å². The van der Waals surface area contributed by atoms with E-state index in [1.54, 1.807) is 6.07 Å². The summed E-state index contributed by atoms with van der Waals surface area (Å²) < 4.78 is 49.7. The van der Waals surface area contributed by atoms with E-state index in [1.807, 2.05) is 5.32 Å². The van der Waals surface area contributed by atoms with Gasteiger partial charge in [-0.05, 0) is 24.5 Å². The summed E-state index contributed by atoms with van der Waals surface area (Å²) in [5.41, 5.74) is 0.822. The lowest BCUT2D eigenvalue weighted by Crippen LogP contribution is -2.38. The SMILES string of the molecule is O=C(NC1CCc2cccc(F)c21)C(F)(F)F. The van der Waals surface area contributed by atoms with E-state index in [4.69, 9.17) is 0 Å². The number of aryl methyl sites for hydroxylation is 1. The number of hydrogen-bond donors (Lipinski definition) is 1. The molecule has 1 amide bonds. The fraction of sp³-hybridized carbons (Fsp3) is 0.364. The largest absolute Gasteiger partial charge is 0.471 e. The fourth-order valence-corrected chi connectivity index (χ4v) is 2.02. The molecule has 17 heavy (non-hydrogen) atoms. The van der Waals surface area contributed by atoms with Crippen molar-refractivity contribution in [2.24, 2.45) is 0 Å². The van der Waals surface area contributed by atoms with Gasteiger partial charge in [-0.1, -0.05) is 12.1 Å². The van der Waals surface area contributed by atoms with Crippen LogP contribution in [0.4, 0.5) is 17.6 Å². The van der Waals surface area contributed by atoms with Gasteiger partial charge in [-0.3, -0.25) is 4.79 Å². The standard InChI is InChI=1S/C11H9F4NO/c12-7-3-1-2-6-4-5-8(9(6)7)16-10(17)11(13,14)15/h1-3,8H,4-5H2,(H,16,17). The topological polar surface area (TPSA) is 29.1 Å². The molecular weight excluding hydrogens is 238 g/mol. The minimum Gasteiger partial charge on any atom is -0.341 e. The van der Waals surface area contributed by atoms with Gasteiger partial charge in [-0.15, -0.1) is 0 Å². The third kappa shape index (κ3) is 2.25. The zero-order valence-corrected chi connectivity index (χ0v) is 8.64. The van der Waals surface area contributed by atoms with Crippen LogP contribution < -0.4 is 5.32 Å². The Bertz CT molecular complexity index is 455. The smallest absolute Gasteiger partial charge is 0.341 e. The average Bonchev–Trinajstić information content (AvgIpc) is 2.61. The Morgan fingerprint density at radius 2 is 2.06 bits per heavy atom. The Balaban J connectivity index is 2.21. The molecule has 92 valence electrons. The third-order valence-electron chi connectivity index (χ3n) is 2.76. The number of fused-ring (bicyclic) bond motifs is 1. The Labute approximate surface area is 94.6 Å². The Morgan fingerprint density at radius 3 is 2.71 bits per heavy atom. The van der Waals surface area contributed by atoms with E-state index in [0.29, 0.717) is 12.0 Å². The molecule has 2 nitrogen and oxygen atoms in total. The Hall–Kier alpha value is -1.59. The van der Waals surface area contributed by atoms with Gasteiger partial charge in [0.05, 0.1) is 6.04 Å². The lowest BCUT2D eigenvalue weighted by Gasteiger charge is -2.15. The Kier molecular flexibility index (Phi) is 2.81. The summed E-state index contributed by atoms with van der Waals surface area (Å²) in [6, 6.07) is 3.44. The number of rotatable bonds is 1. The predicted molar refractivity (Wildman–Crippen MR) is 51.7 cm³/mol. The minimum absolute atomic E-state index is 0.171. The van der Waals surface area contributed by atoms with Crippen LogP contribution >= 0.6 is 0 Å². The first-order valence-electron chi connectivity index (χ1n) is 5.04. The number of benzene rings is 1. The maximum atomic E-state index is 13.5. The molecule has 1 aliphatic carbocycles. The van der Waals surface area contributed by atoms with Crippen molar-refractivity contribution in [3.8, 4) is 0 Å². The van der Waals surface area contributed by atoms with Crippen molar-refractivity contribution in [2.75, 3.05) is 0 Å². The summed E-state index contributed by atoms with van der Waals surface area (Å²) in [6.07, 6.45) is -4.18. The first kappa shape index (κ1) is 11.9. The maximum absolute atomic E-state index is 13.5. The number of amides is 1. The van der Waals surface area contributed by atoms with Crippen molar-refractivity contribution >= 4 is 5.91 Å². The first-order chi connectivity index (χ1) is 7.89. The second-order valence-corrected chi connectivity index (χ2v) is 3.88. The number of nitrogens with one attached hydrogen (secondary N) is 1. The highest BCUT2D eigenvalue weighted by molar-refractivity contribution is 5.82. The number of carbonyl (C=O) groups is 1. The molecule has 1 aliphatic rings. The van der Waals surface area contributed by atoms with Crippen LogP contribution in [0.15, 0.2) is 18.2 Å². The van der Waals surface area contributed by atoms with E-state index in [1.165, 1.54) is 12.1 Å². The van der Waals surface area contributed by atoms with Crippen molar-refractivity contribution in [1.82, 2.24) is 5.32 Å². The van der Waals surface area contributed by atoms with Gasteiger partial charge in [0.25, 0.3) is 0 Å². The van der Waals surface area contributed by atoms with Gasteiger partial charge in [0.15, 0.2) is 0 Å². The highest BCUT2D eigenvalue weighted by atomic mass is 19.4. The highest BCUT2D eigenvalue weighted by Gasteiger charge is 2.41. The molecular formula is C11H9F4NO. The molecule has 1 aromatic carbocycles. The Morgan fingerprint density at radius 1 is 1.35 bits per heavy atom. The van der Waals surface area contributed by atoms with Crippen LogP contribution in [0, 0.1) is 5.82 Å². The molecule has 1 N–H and O–H groups in total. The van der Waals surface area contributed by atoms with Crippen molar-refractivity contribution in [2.45, 2.75) is 25.1 Å². The second-order valence-electron chi connectivity index (χ2n) is 3.88. The van der Waals surface area contributed by atoms with E-state index in [2.05, 4.69) is 0 Å². The number of alkyl halides is 3. The van der Waals surface area contributed by atoms with E-state index in [-0.39, 0.29) is 12.0 Å². The summed E-state index contributed by atoms with van der Waals surface area (Å²) >= 11 is 0. The van der Waals surface area contributed by atoms with E-state index < -0.39 is 23.9 Å². The normalized spacial score (nSPS) is 18.9.